The molecule has 1 atom stereocenters. The van der Waals surface area contributed by atoms with Gasteiger partial charge >= 0.3 is 0 Å². The number of hydrogen-bond acceptors (Lipinski definition) is 3. The highest BCUT2D eigenvalue weighted by molar-refractivity contribution is 6.01. The van der Waals surface area contributed by atoms with Gasteiger partial charge in [-0.15, -0.1) is 0 Å². The number of para-hydroxylation sites is 2. The molecular weight excluding hydrogens is 218 g/mol. The number of carbonyl (C=O) groups is 1. The average Bonchev–Trinajstić information content (AvgIpc) is 2.43. The van der Waals surface area contributed by atoms with Gasteiger partial charge in [0, 0.05) is 25.6 Å². The fourth-order valence-electron chi connectivity index (χ4n) is 2.00. The minimum absolute atomic E-state index is 0.181. The van der Waals surface area contributed by atoms with Gasteiger partial charge in [-0.1, -0.05) is 17.2 Å². The highest BCUT2D eigenvalue weighted by atomic mass is 16.2. The Labute approximate surface area is 99.1 Å². The number of rotatable bonds is 1. The lowest BCUT2D eigenvalue weighted by molar-refractivity contribution is -0.119. The van der Waals surface area contributed by atoms with Crippen LogP contribution in [0.5, 0.6) is 0 Å². The Morgan fingerprint density at radius 2 is 2.00 bits per heavy atom. The molecule has 6 nitrogen and oxygen atoms in total. The maximum Gasteiger partial charge on any atom is 0.237 e. The van der Waals surface area contributed by atoms with Gasteiger partial charge in [0.1, 0.15) is 6.04 Å². The summed E-state index contributed by atoms with van der Waals surface area (Å²) < 4.78 is 0. The minimum Gasteiger partial charge on any atom is -0.372 e. The van der Waals surface area contributed by atoms with Gasteiger partial charge in [0.05, 0.1) is 11.4 Å². The van der Waals surface area contributed by atoms with Gasteiger partial charge in [0.15, 0.2) is 0 Å². The Balaban J connectivity index is 2.49. The first-order valence-corrected chi connectivity index (χ1v) is 5.27. The molecular formula is C11H13N5O. The van der Waals surface area contributed by atoms with Crippen molar-refractivity contribution in [2.75, 3.05) is 30.4 Å². The lowest BCUT2D eigenvalue weighted by Gasteiger charge is -2.20. The molecule has 17 heavy (non-hydrogen) atoms. The van der Waals surface area contributed by atoms with Crippen LogP contribution in [0.25, 0.3) is 10.4 Å². The molecule has 1 unspecified atom stereocenters. The zero-order chi connectivity index (χ0) is 12.4. The molecule has 0 fully saturated rings. The largest absolute Gasteiger partial charge is 0.372 e. The number of fused-ring (bicyclic) bond motifs is 1. The first kappa shape index (κ1) is 11.3. The molecule has 6 heteroatoms. The third-order valence-electron chi connectivity index (χ3n) is 2.91. The molecule has 0 aliphatic carbocycles. The van der Waals surface area contributed by atoms with Crippen LogP contribution in [0.2, 0.25) is 0 Å². The standard InChI is InChI=1S/C11H13N5O/c1-15-7-8(13-14-12)11(17)16(2)10-6-4-3-5-9(10)15/h3-6,8H,7H2,1-2H3. The van der Waals surface area contributed by atoms with E-state index in [9.17, 15) is 4.79 Å². The third kappa shape index (κ3) is 1.90. The van der Waals surface area contributed by atoms with Gasteiger partial charge in [0.25, 0.3) is 0 Å². The van der Waals surface area contributed by atoms with E-state index in [1.165, 1.54) is 4.90 Å². The molecule has 1 aromatic rings. The topological polar surface area (TPSA) is 72.3 Å². The third-order valence-corrected chi connectivity index (χ3v) is 2.91. The summed E-state index contributed by atoms with van der Waals surface area (Å²) in [6.45, 7) is 0.393. The zero-order valence-electron chi connectivity index (χ0n) is 9.74. The Morgan fingerprint density at radius 1 is 1.35 bits per heavy atom. The molecule has 0 saturated heterocycles. The monoisotopic (exact) mass is 231 g/mol. The van der Waals surface area contributed by atoms with Crippen LogP contribution in [0.4, 0.5) is 11.4 Å². The van der Waals surface area contributed by atoms with Gasteiger partial charge in [0.2, 0.25) is 5.91 Å². The van der Waals surface area contributed by atoms with Gasteiger partial charge in [-0.2, -0.15) is 0 Å². The van der Waals surface area contributed by atoms with Crippen LogP contribution in [-0.4, -0.2) is 32.6 Å². The number of nitrogens with zero attached hydrogens (tertiary/aromatic N) is 5. The summed E-state index contributed by atoms with van der Waals surface area (Å²) in [5.41, 5.74) is 10.3. The summed E-state index contributed by atoms with van der Waals surface area (Å²) in [5.74, 6) is -0.181. The first-order chi connectivity index (χ1) is 8.15. The predicted octanol–water partition coefficient (Wildman–Crippen LogP) is 1.78. The van der Waals surface area contributed by atoms with Crippen molar-refractivity contribution in [3.05, 3.63) is 34.7 Å². The molecule has 0 saturated carbocycles. The fraction of sp³-hybridized carbons (Fsp3) is 0.364. The van der Waals surface area contributed by atoms with E-state index in [-0.39, 0.29) is 5.91 Å². The molecule has 0 N–H and O–H groups in total. The summed E-state index contributed by atoms with van der Waals surface area (Å²) in [4.78, 5) is 18.3. The normalized spacial score (nSPS) is 19.4. The Morgan fingerprint density at radius 3 is 2.65 bits per heavy atom. The number of hydrogen-bond donors (Lipinski definition) is 0. The van der Waals surface area contributed by atoms with Crippen molar-refractivity contribution >= 4 is 17.3 Å². The maximum absolute atomic E-state index is 12.1. The van der Waals surface area contributed by atoms with E-state index in [4.69, 9.17) is 5.53 Å². The molecule has 0 spiro atoms. The molecule has 0 bridgehead atoms. The fourth-order valence-corrected chi connectivity index (χ4v) is 2.00. The zero-order valence-corrected chi connectivity index (χ0v) is 9.74. The van der Waals surface area contributed by atoms with E-state index >= 15 is 0 Å². The van der Waals surface area contributed by atoms with Crippen LogP contribution in [-0.2, 0) is 4.79 Å². The van der Waals surface area contributed by atoms with E-state index in [1.54, 1.807) is 7.05 Å². The van der Waals surface area contributed by atoms with Gasteiger partial charge in [-0.05, 0) is 17.7 Å². The first-order valence-electron chi connectivity index (χ1n) is 5.27. The molecule has 0 radical (unpaired) electrons. The number of anilines is 2. The summed E-state index contributed by atoms with van der Waals surface area (Å²) >= 11 is 0. The van der Waals surface area contributed by atoms with E-state index in [1.807, 2.05) is 36.2 Å². The number of carbonyl (C=O) groups excluding carboxylic acids is 1. The van der Waals surface area contributed by atoms with Crippen molar-refractivity contribution in [3.8, 4) is 0 Å². The van der Waals surface area contributed by atoms with Crippen molar-refractivity contribution in [3.63, 3.8) is 0 Å². The van der Waals surface area contributed by atoms with Crippen molar-refractivity contribution in [1.29, 1.82) is 0 Å². The molecule has 1 heterocycles. The highest BCUT2D eigenvalue weighted by Crippen LogP contribution is 2.31. The van der Waals surface area contributed by atoms with Crippen molar-refractivity contribution in [2.45, 2.75) is 6.04 Å². The van der Waals surface area contributed by atoms with E-state index in [2.05, 4.69) is 10.0 Å². The van der Waals surface area contributed by atoms with Gasteiger partial charge in [-0.25, -0.2) is 0 Å². The second-order valence-electron chi connectivity index (χ2n) is 3.99. The van der Waals surface area contributed by atoms with Crippen molar-refractivity contribution in [1.82, 2.24) is 0 Å². The number of likely N-dealkylation sites (N-methyl/N-ethyl adjacent to an activating group) is 2. The number of benzene rings is 1. The highest BCUT2D eigenvalue weighted by Gasteiger charge is 2.29. The van der Waals surface area contributed by atoms with E-state index < -0.39 is 6.04 Å². The van der Waals surface area contributed by atoms with Gasteiger partial charge in [-0.3, -0.25) is 4.79 Å². The molecule has 2 rings (SSSR count). The van der Waals surface area contributed by atoms with Crippen LogP contribution in [0, 0.1) is 0 Å². The number of azide groups is 1. The molecule has 1 aromatic carbocycles. The Bertz CT molecular complexity index is 494. The summed E-state index contributed by atoms with van der Waals surface area (Å²) in [7, 11) is 3.57. The summed E-state index contributed by atoms with van der Waals surface area (Å²) in [6, 6.07) is 6.94. The summed E-state index contributed by atoms with van der Waals surface area (Å²) in [5, 5.41) is 3.56. The van der Waals surface area contributed by atoms with E-state index in [0.29, 0.717) is 6.54 Å². The van der Waals surface area contributed by atoms with Crippen LogP contribution in [0.15, 0.2) is 29.4 Å². The molecule has 1 amide bonds. The Kier molecular flexibility index (Phi) is 2.89. The van der Waals surface area contributed by atoms with Crippen LogP contribution in [0.1, 0.15) is 0 Å². The molecule has 1 aliphatic rings. The van der Waals surface area contributed by atoms with Crippen LogP contribution < -0.4 is 9.80 Å². The van der Waals surface area contributed by atoms with Crippen LogP contribution >= 0.6 is 0 Å². The predicted molar refractivity (Wildman–Crippen MR) is 66.1 cm³/mol. The van der Waals surface area contributed by atoms with Crippen LogP contribution in [0.3, 0.4) is 0 Å². The second-order valence-corrected chi connectivity index (χ2v) is 3.99. The average molecular weight is 231 g/mol. The lowest BCUT2D eigenvalue weighted by atomic mass is 10.2. The van der Waals surface area contributed by atoms with Crippen molar-refractivity contribution < 1.29 is 4.79 Å². The summed E-state index contributed by atoms with van der Waals surface area (Å²) in [6.07, 6.45) is 0. The number of amides is 1. The molecule has 88 valence electrons. The smallest absolute Gasteiger partial charge is 0.237 e. The van der Waals surface area contributed by atoms with Gasteiger partial charge < -0.3 is 9.80 Å². The second kappa shape index (κ2) is 4.35. The van der Waals surface area contributed by atoms with E-state index in [0.717, 1.165) is 11.4 Å². The molecule has 1 aliphatic heterocycles. The maximum atomic E-state index is 12.1. The SMILES string of the molecule is CN1CC(N=[N+]=[N-])C(=O)N(C)c2ccccc21. The molecule has 0 aromatic heterocycles. The lowest BCUT2D eigenvalue weighted by Crippen LogP contribution is -2.37. The van der Waals surface area contributed by atoms with Crippen molar-refractivity contribution in [2.24, 2.45) is 5.11 Å². The minimum atomic E-state index is -0.678. The Hall–Kier alpha value is -2.20. The quantitative estimate of drug-likeness (QED) is 0.420.